The molecule has 0 aliphatic carbocycles. The first kappa shape index (κ1) is 18.3. The summed E-state index contributed by atoms with van der Waals surface area (Å²) >= 11 is 0. The zero-order valence-corrected chi connectivity index (χ0v) is 16.0. The summed E-state index contributed by atoms with van der Waals surface area (Å²) in [5.41, 5.74) is 2.87. The molecule has 2 nitrogen and oxygen atoms in total. The second-order valence-corrected chi connectivity index (χ2v) is 7.88. The maximum absolute atomic E-state index is 9.70. The molecule has 2 heteroatoms. The normalized spacial score (nSPS) is 11.7. The Morgan fingerprint density at radius 1 is 0.885 bits per heavy atom. The number of phenols is 1. The first-order valence-electron chi connectivity index (χ1n) is 9.30. The van der Waals surface area contributed by atoms with Crippen molar-refractivity contribution in [3.05, 3.63) is 71.8 Å². The monoisotopic (exact) mass is 348 g/mol. The molecule has 0 heterocycles. The van der Waals surface area contributed by atoms with E-state index in [9.17, 15) is 5.11 Å². The number of aryl methyl sites for hydroxylation is 1. The molecular formula is C24H28O2. The summed E-state index contributed by atoms with van der Waals surface area (Å²) in [4.78, 5) is 0. The first-order valence-corrected chi connectivity index (χ1v) is 9.30. The zero-order chi connectivity index (χ0) is 18.6. The highest BCUT2D eigenvalue weighted by atomic mass is 16.5. The highest BCUT2D eigenvalue weighted by Gasteiger charge is 2.18. The molecule has 0 fully saturated rings. The van der Waals surface area contributed by atoms with Crippen LogP contribution in [0.1, 0.15) is 37.8 Å². The van der Waals surface area contributed by atoms with Crippen LogP contribution in [0.25, 0.3) is 10.8 Å². The van der Waals surface area contributed by atoms with Crippen molar-refractivity contribution in [1.29, 1.82) is 0 Å². The van der Waals surface area contributed by atoms with Crippen LogP contribution in [-0.4, -0.2) is 12.2 Å². The number of rotatable bonds is 7. The third kappa shape index (κ3) is 4.57. The van der Waals surface area contributed by atoms with Crippen molar-refractivity contribution in [3.8, 4) is 11.5 Å². The number of phenolic OH excluding ortho intramolecular Hbond substituents is 1. The third-order valence-electron chi connectivity index (χ3n) is 5.06. The Kier molecular flexibility index (Phi) is 5.51. The summed E-state index contributed by atoms with van der Waals surface area (Å²) in [6.07, 6.45) is 4.35. The Bertz CT molecular complexity index is 880. The topological polar surface area (TPSA) is 29.5 Å². The van der Waals surface area contributed by atoms with Gasteiger partial charge < -0.3 is 9.84 Å². The molecule has 0 saturated carbocycles. The fourth-order valence-electron chi connectivity index (χ4n) is 3.64. The Hall–Kier alpha value is -2.48. The van der Waals surface area contributed by atoms with Crippen LogP contribution >= 0.6 is 0 Å². The van der Waals surface area contributed by atoms with Gasteiger partial charge in [-0.1, -0.05) is 62.4 Å². The van der Waals surface area contributed by atoms with Crippen LogP contribution in [0.5, 0.6) is 11.5 Å². The maximum atomic E-state index is 9.70. The summed E-state index contributed by atoms with van der Waals surface area (Å²) in [6.45, 7) is 4.69. The van der Waals surface area contributed by atoms with Gasteiger partial charge in [0.15, 0.2) is 11.5 Å². The minimum atomic E-state index is 0.202. The van der Waals surface area contributed by atoms with Gasteiger partial charge in [0, 0.05) is 0 Å². The van der Waals surface area contributed by atoms with E-state index in [1.165, 1.54) is 21.9 Å². The van der Waals surface area contributed by atoms with Crippen LogP contribution in [-0.2, 0) is 12.8 Å². The van der Waals surface area contributed by atoms with Crippen LogP contribution in [0.15, 0.2) is 60.7 Å². The van der Waals surface area contributed by atoms with Gasteiger partial charge in [-0.2, -0.15) is 0 Å². The van der Waals surface area contributed by atoms with Gasteiger partial charge >= 0.3 is 0 Å². The van der Waals surface area contributed by atoms with E-state index in [1.54, 1.807) is 13.2 Å². The predicted octanol–water partition coefficient (Wildman–Crippen LogP) is 6.15. The Morgan fingerprint density at radius 3 is 2.38 bits per heavy atom. The fourth-order valence-corrected chi connectivity index (χ4v) is 3.64. The highest BCUT2D eigenvalue weighted by molar-refractivity contribution is 5.83. The van der Waals surface area contributed by atoms with Gasteiger partial charge in [0.2, 0.25) is 0 Å². The molecule has 136 valence electrons. The molecule has 0 atom stereocenters. The van der Waals surface area contributed by atoms with E-state index in [0.717, 1.165) is 25.7 Å². The Balaban J connectivity index is 1.59. The number of fused-ring (bicyclic) bond motifs is 1. The number of hydrogen-bond donors (Lipinski definition) is 1. The standard InChI is InChI=1S/C24H28O2/c1-24(2,14-6-7-18-11-13-22(25)23(16-18)26-3)17-19-10-12-20-8-4-5-9-21(20)15-19/h4-5,8-13,15-16,25H,6-7,14,17H2,1-3H3. The summed E-state index contributed by atoms with van der Waals surface area (Å²) < 4.78 is 5.20. The average Bonchev–Trinajstić information content (AvgIpc) is 2.62. The van der Waals surface area contributed by atoms with Gasteiger partial charge in [-0.05, 0) is 65.1 Å². The molecule has 0 aliphatic heterocycles. The molecule has 26 heavy (non-hydrogen) atoms. The van der Waals surface area contributed by atoms with Crippen molar-refractivity contribution in [1.82, 2.24) is 0 Å². The minimum absolute atomic E-state index is 0.202. The molecule has 3 rings (SSSR count). The van der Waals surface area contributed by atoms with Crippen LogP contribution in [0.3, 0.4) is 0 Å². The minimum Gasteiger partial charge on any atom is -0.504 e. The van der Waals surface area contributed by atoms with Crippen molar-refractivity contribution in [2.75, 3.05) is 7.11 Å². The van der Waals surface area contributed by atoms with Crippen molar-refractivity contribution in [2.24, 2.45) is 5.41 Å². The quantitative estimate of drug-likeness (QED) is 0.555. The second-order valence-electron chi connectivity index (χ2n) is 7.88. The van der Waals surface area contributed by atoms with E-state index < -0.39 is 0 Å². The summed E-state index contributed by atoms with van der Waals surface area (Å²) in [7, 11) is 1.59. The van der Waals surface area contributed by atoms with Crippen LogP contribution in [0.4, 0.5) is 0 Å². The van der Waals surface area contributed by atoms with E-state index in [0.29, 0.717) is 5.75 Å². The highest BCUT2D eigenvalue weighted by Crippen LogP contribution is 2.31. The Labute approximate surface area is 156 Å². The van der Waals surface area contributed by atoms with Crippen LogP contribution in [0, 0.1) is 5.41 Å². The molecule has 1 N–H and O–H groups in total. The molecule has 0 radical (unpaired) electrons. The molecule has 0 aliphatic rings. The van der Waals surface area contributed by atoms with Crippen molar-refractivity contribution >= 4 is 10.8 Å². The van der Waals surface area contributed by atoms with Gasteiger partial charge in [-0.15, -0.1) is 0 Å². The van der Waals surface area contributed by atoms with E-state index >= 15 is 0 Å². The maximum Gasteiger partial charge on any atom is 0.160 e. The SMILES string of the molecule is COc1cc(CCCC(C)(C)Cc2ccc3ccccc3c2)ccc1O. The lowest BCUT2D eigenvalue weighted by Crippen LogP contribution is -2.15. The van der Waals surface area contributed by atoms with Crippen molar-refractivity contribution < 1.29 is 9.84 Å². The molecular weight excluding hydrogens is 320 g/mol. The summed E-state index contributed by atoms with van der Waals surface area (Å²) in [5, 5.41) is 12.3. The number of benzene rings is 3. The number of hydrogen-bond acceptors (Lipinski definition) is 2. The van der Waals surface area contributed by atoms with Gasteiger partial charge in [-0.3, -0.25) is 0 Å². The van der Waals surface area contributed by atoms with Gasteiger partial charge in [0.05, 0.1) is 7.11 Å². The number of aromatic hydroxyl groups is 1. The molecule has 0 aromatic heterocycles. The molecule has 0 unspecified atom stereocenters. The summed E-state index contributed by atoms with van der Waals surface area (Å²) in [5.74, 6) is 0.755. The number of ether oxygens (including phenoxy) is 1. The second kappa shape index (κ2) is 7.82. The van der Waals surface area contributed by atoms with E-state index in [-0.39, 0.29) is 11.2 Å². The predicted molar refractivity (Wildman–Crippen MR) is 109 cm³/mol. The lowest BCUT2D eigenvalue weighted by molar-refractivity contribution is 0.323. The molecule has 0 spiro atoms. The van der Waals surface area contributed by atoms with Crippen LogP contribution < -0.4 is 4.74 Å². The van der Waals surface area contributed by atoms with Crippen molar-refractivity contribution in [2.45, 2.75) is 39.5 Å². The average molecular weight is 348 g/mol. The third-order valence-corrected chi connectivity index (χ3v) is 5.06. The molecule has 3 aromatic rings. The van der Waals surface area contributed by atoms with Gasteiger partial charge in [0.25, 0.3) is 0 Å². The first-order chi connectivity index (χ1) is 12.5. The van der Waals surface area contributed by atoms with Crippen LogP contribution in [0.2, 0.25) is 0 Å². The van der Waals surface area contributed by atoms with E-state index in [4.69, 9.17) is 4.74 Å². The smallest absolute Gasteiger partial charge is 0.160 e. The number of methoxy groups -OCH3 is 1. The fraction of sp³-hybridized carbons (Fsp3) is 0.333. The zero-order valence-electron chi connectivity index (χ0n) is 16.0. The molecule has 3 aromatic carbocycles. The Morgan fingerprint density at radius 2 is 1.62 bits per heavy atom. The van der Waals surface area contributed by atoms with Gasteiger partial charge in [0.1, 0.15) is 0 Å². The van der Waals surface area contributed by atoms with Crippen molar-refractivity contribution in [3.63, 3.8) is 0 Å². The lowest BCUT2D eigenvalue weighted by atomic mass is 9.80. The molecule has 0 amide bonds. The molecule has 0 saturated heterocycles. The van der Waals surface area contributed by atoms with E-state index in [1.807, 2.05) is 12.1 Å². The molecule has 0 bridgehead atoms. The lowest BCUT2D eigenvalue weighted by Gasteiger charge is -2.25. The van der Waals surface area contributed by atoms with Gasteiger partial charge in [-0.25, -0.2) is 0 Å². The van der Waals surface area contributed by atoms with E-state index in [2.05, 4.69) is 56.3 Å². The largest absolute Gasteiger partial charge is 0.504 e. The summed E-state index contributed by atoms with van der Waals surface area (Å²) in [6, 6.07) is 21.0.